The molecule has 0 unspecified atom stereocenters. The molecule has 0 aliphatic rings. The van der Waals surface area contributed by atoms with Crippen molar-refractivity contribution in [2.75, 3.05) is 50.8 Å². The summed E-state index contributed by atoms with van der Waals surface area (Å²) < 4.78 is 25.7. The first-order chi connectivity index (χ1) is 14.1. The van der Waals surface area contributed by atoms with Gasteiger partial charge in [0, 0.05) is 50.8 Å². The van der Waals surface area contributed by atoms with Crippen LogP contribution in [0.15, 0.2) is 24.3 Å². The second-order valence-electron chi connectivity index (χ2n) is 6.91. The first-order valence-electron chi connectivity index (χ1n) is 10.7. The zero-order valence-electron chi connectivity index (χ0n) is 19.4. The Balaban J connectivity index is 5.37. The minimum absolute atomic E-state index is 0.498. The Kier molecular flexibility index (Phi) is 14.8. The van der Waals surface area contributed by atoms with Crippen LogP contribution in [0.2, 0.25) is 0 Å². The number of hydrogen-bond donors (Lipinski definition) is 2. The molecule has 10 heteroatoms. The van der Waals surface area contributed by atoms with E-state index in [1.165, 1.54) is 0 Å². The summed E-state index contributed by atoms with van der Waals surface area (Å²) in [6.07, 6.45) is 10.2. The third-order valence-corrected chi connectivity index (χ3v) is 11.3. The molecule has 0 aromatic carbocycles. The van der Waals surface area contributed by atoms with Crippen LogP contribution in [0.1, 0.15) is 41.5 Å². The Morgan fingerprint density at radius 2 is 1.03 bits per heavy atom. The molecule has 2 N–H and O–H groups in total. The predicted molar refractivity (Wildman–Crippen MR) is 142 cm³/mol. The second kappa shape index (κ2) is 15.2. The van der Waals surface area contributed by atoms with Gasteiger partial charge in [-0.15, -0.1) is 0 Å². The summed E-state index contributed by atoms with van der Waals surface area (Å²) in [6, 6.07) is 0. The maximum absolute atomic E-state index is 12.8. The average Bonchev–Trinajstić information content (AvgIpc) is 2.75. The number of nitrogens with zero attached hydrogens (tertiary/aromatic N) is 2. The molecule has 0 aromatic rings. The fourth-order valence-corrected chi connectivity index (χ4v) is 6.35. The molecule has 0 saturated heterocycles. The summed E-state index contributed by atoms with van der Waals surface area (Å²) in [4.78, 5) is 4.00. The van der Waals surface area contributed by atoms with E-state index in [0.29, 0.717) is 61.1 Å². The van der Waals surface area contributed by atoms with Gasteiger partial charge in [-0.05, 0) is 38.3 Å². The molecule has 174 valence electrons. The molecule has 0 spiro atoms. The fourth-order valence-electron chi connectivity index (χ4n) is 2.51. The number of rotatable bonds is 13. The highest BCUT2D eigenvalue weighted by Gasteiger charge is 2.23. The molecule has 0 amide bonds. The molecule has 0 bridgehead atoms. The smallest absolute Gasteiger partial charge is 0.174 e. The van der Waals surface area contributed by atoms with Crippen LogP contribution >= 0.6 is 39.0 Å². The van der Waals surface area contributed by atoms with Crippen molar-refractivity contribution in [1.29, 1.82) is 0 Å². The van der Waals surface area contributed by atoms with Crippen molar-refractivity contribution in [2.24, 2.45) is 0 Å². The third-order valence-electron chi connectivity index (χ3n) is 4.98. The van der Waals surface area contributed by atoms with Crippen molar-refractivity contribution >= 4 is 49.2 Å². The molecular formula is C20H40N4O2P2S2. The van der Waals surface area contributed by atoms with Gasteiger partial charge < -0.3 is 29.1 Å². The zero-order valence-corrected chi connectivity index (χ0v) is 22.8. The monoisotopic (exact) mass is 494 g/mol. The van der Waals surface area contributed by atoms with Crippen LogP contribution in [0.3, 0.4) is 0 Å². The molecule has 30 heavy (non-hydrogen) atoms. The van der Waals surface area contributed by atoms with Gasteiger partial charge in [0.15, 0.2) is 24.8 Å². The summed E-state index contributed by atoms with van der Waals surface area (Å²) in [6.45, 7) is 14.0. The van der Waals surface area contributed by atoms with Crippen LogP contribution in [0.4, 0.5) is 0 Å². The van der Waals surface area contributed by atoms with E-state index in [4.69, 9.17) is 24.4 Å². The molecule has 0 aliphatic carbocycles. The average molecular weight is 495 g/mol. The van der Waals surface area contributed by atoms with Crippen LogP contribution in [-0.2, 0) is 9.13 Å². The van der Waals surface area contributed by atoms with E-state index >= 15 is 0 Å². The molecule has 6 nitrogen and oxygen atoms in total. The summed E-state index contributed by atoms with van der Waals surface area (Å²) >= 11 is 11.2. The van der Waals surface area contributed by atoms with Crippen LogP contribution in [0.5, 0.6) is 0 Å². The van der Waals surface area contributed by atoms with Gasteiger partial charge in [-0.1, -0.05) is 52.0 Å². The minimum atomic E-state index is -2.50. The predicted octanol–water partition coefficient (Wildman–Crippen LogP) is 5.13. The van der Waals surface area contributed by atoms with E-state index in [1.807, 2.05) is 75.6 Å². The first kappa shape index (κ1) is 29.3. The Labute approximate surface area is 194 Å². The highest BCUT2D eigenvalue weighted by molar-refractivity contribution is 7.81. The minimum Gasteiger partial charge on any atom is -0.344 e. The summed E-state index contributed by atoms with van der Waals surface area (Å²) in [5.74, 6) is 0. The Bertz CT molecular complexity index is 624. The number of hydrogen-bond acceptors (Lipinski definition) is 4. The zero-order chi connectivity index (χ0) is 23.2. The lowest BCUT2D eigenvalue weighted by atomic mass is 10.4. The van der Waals surface area contributed by atoms with Gasteiger partial charge in [0.05, 0.1) is 0 Å². The molecular weight excluding hydrogens is 454 g/mol. The first-order valence-corrected chi connectivity index (χ1v) is 15.6. The molecule has 0 atom stereocenters. The lowest BCUT2D eigenvalue weighted by Gasteiger charge is -2.32. The maximum Gasteiger partial charge on any atom is 0.174 e. The van der Waals surface area contributed by atoms with Gasteiger partial charge in [0.2, 0.25) is 0 Å². The lowest BCUT2D eigenvalue weighted by molar-refractivity contribution is 0.372. The molecule has 0 heterocycles. The van der Waals surface area contributed by atoms with Crippen molar-refractivity contribution in [3.05, 3.63) is 24.3 Å². The molecule has 0 saturated carbocycles. The largest absolute Gasteiger partial charge is 0.344 e. The number of nitrogens with one attached hydrogen (secondary N) is 2. The standard InChI is InChI=1S/C20H40N4O2P2S2/c1-7-13-15-23(19(29)21-27(25,9-3)10-4)17-18-24(16-14-8-2)20(30)22-28(26,11-5)12-6/h7-8,13-14H,9-12,15-18H2,1-6H3,(H,21,25,29)(H,22,26,30)/b13-7+,14-8+. The van der Waals surface area contributed by atoms with Gasteiger partial charge in [-0.25, -0.2) is 0 Å². The third kappa shape index (κ3) is 10.6. The van der Waals surface area contributed by atoms with E-state index < -0.39 is 14.6 Å². The van der Waals surface area contributed by atoms with Crippen molar-refractivity contribution in [2.45, 2.75) is 41.5 Å². The van der Waals surface area contributed by atoms with Crippen LogP contribution < -0.4 is 10.2 Å². The number of allylic oxidation sites excluding steroid dienone is 2. The summed E-state index contributed by atoms with van der Waals surface area (Å²) in [7, 11) is -5.00. The van der Waals surface area contributed by atoms with Crippen LogP contribution in [0, 0.1) is 0 Å². The summed E-state index contributed by atoms with van der Waals surface area (Å²) in [5, 5.41) is 7.21. The molecule has 0 radical (unpaired) electrons. The topological polar surface area (TPSA) is 64.7 Å². The summed E-state index contributed by atoms with van der Waals surface area (Å²) in [5.41, 5.74) is 0. The van der Waals surface area contributed by atoms with Gasteiger partial charge in [-0.3, -0.25) is 0 Å². The van der Waals surface area contributed by atoms with Crippen molar-refractivity contribution in [3.8, 4) is 0 Å². The molecule has 0 fully saturated rings. The van der Waals surface area contributed by atoms with E-state index in [-0.39, 0.29) is 0 Å². The lowest BCUT2D eigenvalue weighted by Crippen LogP contribution is -2.46. The van der Waals surface area contributed by atoms with Crippen molar-refractivity contribution in [3.63, 3.8) is 0 Å². The normalized spacial score (nSPS) is 12.3. The van der Waals surface area contributed by atoms with Crippen molar-refractivity contribution in [1.82, 2.24) is 20.0 Å². The van der Waals surface area contributed by atoms with Gasteiger partial charge in [0.1, 0.15) is 0 Å². The van der Waals surface area contributed by atoms with E-state index in [2.05, 4.69) is 10.2 Å². The van der Waals surface area contributed by atoms with E-state index in [9.17, 15) is 9.13 Å². The number of thiocarbonyl (C=S) groups is 2. The van der Waals surface area contributed by atoms with E-state index in [1.54, 1.807) is 0 Å². The molecule has 0 aromatic heterocycles. The Hall–Kier alpha value is -0.680. The quantitative estimate of drug-likeness (QED) is 0.208. The Morgan fingerprint density at radius 1 is 0.733 bits per heavy atom. The maximum atomic E-state index is 12.8. The van der Waals surface area contributed by atoms with Gasteiger partial charge in [0.25, 0.3) is 0 Å². The van der Waals surface area contributed by atoms with Crippen LogP contribution in [0.25, 0.3) is 0 Å². The molecule has 0 rings (SSSR count). The van der Waals surface area contributed by atoms with Gasteiger partial charge >= 0.3 is 0 Å². The van der Waals surface area contributed by atoms with Crippen LogP contribution in [-0.4, -0.2) is 70.9 Å². The van der Waals surface area contributed by atoms with Crippen molar-refractivity contribution < 1.29 is 9.13 Å². The highest BCUT2D eigenvalue weighted by atomic mass is 32.1. The van der Waals surface area contributed by atoms with E-state index in [0.717, 1.165) is 0 Å². The fraction of sp³-hybridized carbons (Fsp3) is 0.700. The highest BCUT2D eigenvalue weighted by Crippen LogP contribution is 2.40. The molecule has 0 aliphatic heterocycles. The second-order valence-corrected chi connectivity index (χ2v) is 14.2. The van der Waals surface area contributed by atoms with Gasteiger partial charge in [-0.2, -0.15) is 0 Å². The SMILES string of the molecule is C/C=C/CN(CCN(C/C=C/C)C(=S)NP(=O)(CC)CC)C(=S)NP(=O)(CC)CC. The Morgan fingerprint density at radius 3 is 1.27 bits per heavy atom.